The molecule has 1 atom stereocenters. The molecule has 6 heteroatoms. The number of benzene rings is 1. The van der Waals surface area contributed by atoms with E-state index in [1.807, 2.05) is 6.92 Å². The Balaban J connectivity index is 0.00000324. The molecule has 0 saturated heterocycles. The van der Waals surface area contributed by atoms with Gasteiger partial charge in [-0.3, -0.25) is 9.59 Å². The molecule has 0 fully saturated rings. The predicted molar refractivity (Wildman–Crippen MR) is 78.6 cm³/mol. The van der Waals surface area contributed by atoms with Crippen LogP contribution >= 0.6 is 12.4 Å². The molecule has 0 aliphatic carbocycles. The Bertz CT molecular complexity index is 418. The van der Waals surface area contributed by atoms with Gasteiger partial charge in [0.05, 0.1) is 6.04 Å². The topological polar surface area (TPSA) is 84.2 Å². The van der Waals surface area contributed by atoms with Crippen LogP contribution in [0.3, 0.4) is 0 Å². The third-order valence-corrected chi connectivity index (χ3v) is 2.36. The van der Waals surface area contributed by atoms with Crippen LogP contribution in [0.4, 0.5) is 5.69 Å². The molecule has 0 aliphatic heterocycles. The summed E-state index contributed by atoms with van der Waals surface area (Å²) < 4.78 is 0. The maximum absolute atomic E-state index is 11.6. The SMILES string of the molecule is CCCNC(=O)c1ccc(NC(=O)C(C)N)cc1.Cl. The van der Waals surface area contributed by atoms with Gasteiger partial charge in [-0.05, 0) is 37.6 Å². The number of carbonyl (C=O) groups is 2. The summed E-state index contributed by atoms with van der Waals surface area (Å²) in [5, 5.41) is 5.44. The monoisotopic (exact) mass is 285 g/mol. The highest BCUT2D eigenvalue weighted by Crippen LogP contribution is 2.09. The van der Waals surface area contributed by atoms with E-state index < -0.39 is 6.04 Å². The van der Waals surface area contributed by atoms with Crippen molar-refractivity contribution in [1.82, 2.24) is 5.32 Å². The molecule has 0 aliphatic rings. The van der Waals surface area contributed by atoms with Crippen molar-refractivity contribution in [3.8, 4) is 0 Å². The van der Waals surface area contributed by atoms with E-state index in [-0.39, 0.29) is 24.2 Å². The second-order valence-electron chi connectivity index (χ2n) is 4.11. The number of nitrogens with one attached hydrogen (secondary N) is 2. The van der Waals surface area contributed by atoms with Crippen LogP contribution in [-0.2, 0) is 4.79 Å². The summed E-state index contributed by atoms with van der Waals surface area (Å²) in [6, 6.07) is 6.14. The normalized spacial score (nSPS) is 11.1. The molecule has 0 radical (unpaired) electrons. The van der Waals surface area contributed by atoms with Crippen molar-refractivity contribution >= 4 is 29.9 Å². The van der Waals surface area contributed by atoms with Gasteiger partial charge in [0.1, 0.15) is 0 Å². The molecule has 0 bridgehead atoms. The quantitative estimate of drug-likeness (QED) is 0.767. The molecule has 5 nitrogen and oxygen atoms in total. The maximum Gasteiger partial charge on any atom is 0.251 e. The molecule has 0 saturated carbocycles. The summed E-state index contributed by atoms with van der Waals surface area (Å²) in [7, 11) is 0. The Morgan fingerprint density at radius 1 is 1.26 bits per heavy atom. The van der Waals surface area contributed by atoms with Crippen molar-refractivity contribution < 1.29 is 9.59 Å². The molecular weight excluding hydrogens is 266 g/mol. The highest BCUT2D eigenvalue weighted by atomic mass is 35.5. The van der Waals surface area contributed by atoms with E-state index in [0.717, 1.165) is 6.42 Å². The summed E-state index contributed by atoms with van der Waals surface area (Å²) in [6.07, 6.45) is 0.897. The lowest BCUT2D eigenvalue weighted by Crippen LogP contribution is -2.32. The smallest absolute Gasteiger partial charge is 0.251 e. The fourth-order valence-corrected chi connectivity index (χ4v) is 1.30. The van der Waals surface area contributed by atoms with Gasteiger partial charge < -0.3 is 16.4 Å². The summed E-state index contributed by atoms with van der Waals surface area (Å²) in [6.45, 7) is 4.26. The zero-order valence-corrected chi connectivity index (χ0v) is 11.9. The lowest BCUT2D eigenvalue weighted by atomic mass is 10.2. The Hall–Kier alpha value is -1.59. The average molecular weight is 286 g/mol. The second-order valence-corrected chi connectivity index (χ2v) is 4.11. The molecular formula is C13H20ClN3O2. The number of amides is 2. The van der Waals surface area contributed by atoms with Gasteiger partial charge in [-0.1, -0.05) is 6.92 Å². The van der Waals surface area contributed by atoms with Crippen LogP contribution in [-0.4, -0.2) is 24.4 Å². The summed E-state index contributed by atoms with van der Waals surface area (Å²) in [5.41, 5.74) is 6.64. The van der Waals surface area contributed by atoms with E-state index in [1.165, 1.54) is 0 Å². The van der Waals surface area contributed by atoms with Gasteiger partial charge in [0.15, 0.2) is 0 Å². The van der Waals surface area contributed by atoms with E-state index in [2.05, 4.69) is 10.6 Å². The number of rotatable bonds is 5. The van der Waals surface area contributed by atoms with Gasteiger partial charge in [-0.25, -0.2) is 0 Å². The first-order valence-corrected chi connectivity index (χ1v) is 5.99. The van der Waals surface area contributed by atoms with Gasteiger partial charge in [-0.2, -0.15) is 0 Å². The van der Waals surface area contributed by atoms with Crippen molar-refractivity contribution in [2.75, 3.05) is 11.9 Å². The Morgan fingerprint density at radius 2 is 1.84 bits per heavy atom. The van der Waals surface area contributed by atoms with E-state index >= 15 is 0 Å². The zero-order chi connectivity index (χ0) is 13.5. The number of anilines is 1. The number of hydrogen-bond donors (Lipinski definition) is 3. The van der Waals surface area contributed by atoms with Crippen LogP contribution in [0, 0.1) is 0 Å². The van der Waals surface area contributed by atoms with Gasteiger partial charge in [0, 0.05) is 17.8 Å². The molecule has 0 heterocycles. The van der Waals surface area contributed by atoms with Crippen LogP contribution in [0.2, 0.25) is 0 Å². The highest BCUT2D eigenvalue weighted by Gasteiger charge is 2.08. The summed E-state index contributed by atoms with van der Waals surface area (Å²) >= 11 is 0. The molecule has 19 heavy (non-hydrogen) atoms. The molecule has 106 valence electrons. The van der Waals surface area contributed by atoms with E-state index in [9.17, 15) is 9.59 Å². The number of hydrogen-bond acceptors (Lipinski definition) is 3. The lowest BCUT2D eigenvalue weighted by molar-refractivity contribution is -0.117. The maximum atomic E-state index is 11.6. The van der Waals surface area contributed by atoms with Gasteiger partial charge in [0.25, 0.3) is 5.91 Å². The van der Waals surface area contributed by atoms with Gasteiger partial charge in [-0.15, -0.1) is 12.4 Å². The first-order valence-electron chi connectivity index (χ1n) is 5.99. The molecule has 1 unspecified atom stereocenters. The third-order valence-electron chi connectivity index (χ3n) is 2.36. The Kier molecular flexibility index (Phi) is 7.79. The minimum Gasteiger partial charge on any atom is -0.352 e. The van der Waals surface area contributed by atoms with Crippen molar-refractivity contribution in [3.05, 3.63) is 29.8 Å². The number of nitrogens with two attached hydrogens (primary N) is 1. The number of halogens is 1. The lowest BCUT2D eigenvalue weighted by Gasteiger charge is -2.08. The van der Waals surface area contributed by atoms with Crippen molar-refractivity contribution in [1.29, 1.82) is 0 Å². The van der Waals surface area contributed by atoms with Crippen LogP contribution in [0.5, 0.6) is 0 Å². The molecule has 1 aromatic rings. The van der Waals surface area contributed by atoms with Crippen molar-refractivity contribution in [3.63, 3.8) is 0 Å². The fourth-order valence-electron chi connectivity index (χ4n) is 1.30. The zero-order valence-electron chi connectivity index (χ0n) is 11.1. The molecule has 0 aromatic heterocycles. The van der Waals surface area contributed by atoms with Crippen LogP contribution < -0.4 is 16.4 Å². The van der Waals surface area contributed by atoms with E-state index in [1.54, 1.807) is 31.2 Å². The molecule has 0 spiro atoms. The highest BCUT2D eigenvalue weighted by molar-refractivity contribution is 5.96. The fraction of sp³-hybridized carbons (Fsp3) is 0.385. The summed E-state index contributed by atoms with van der Waals surface area (Å²) in [5.74, 6) is -0.361. The van der Waals surface area contributed by atoms with Crippen LogP contribution in [0.1, 0.15) is 30.6 Å². The Labute approximate surface area is 119 Å². The predicted octanol–water partition coefficient (Wildman–Crippen LogP) is 1.53. The average Bonchev–Trinajstić information content (AvgIpc) is 2.36. The van der Waals surface area contributed by atoms with Gasteiger partial charge >= 0.3 is 0 Å². The molecule has 1 rings (SSSR count). The standard InChI is InChI=1S/C13H19N3O2.ClH/c1-3-8-15-13(18)10-4-6-11(7-5-10)16-12(17)9(2)14;/h4-7,9H,3,8,14H2,1-2H3,(H,15,18)(H,16,17);1H. The minimum absolute atomic E-state index is 0. The Morgan fingerprint density at radius 3 is 2.32 bits per heavy atom. The third kappa shape index (κ3) is 5.72. The second kappa shape index (κ2) is 8.50. The van der Waals surface area contributed by atoms with E-state index in [4.69, 9.17) is 5.73 Å². The minimum atomic E-state index is -0.558. The largest absolute Gasteiger partial charge is 0.352 e. The molecule has 4 N–H and O–H groups in total. The van der Waals surface area contributed by atoms with Crippen molar-refractivity contribution in [2.24, 2.45) is 5.73 Å². The van der Waals surface area contributed by atoms with Crippen LogP contribution in [0.25, 0.3) is 0 Å². The first kappa shape index (κ1) is 17.4. The molecule has 1 aromatic carbocycles. The van der Waals surface area contributed by atoms with Crippen molar-refractivity contribution in [2.45, 2.75) is 26.3 Å². The van der Waals surface area contributed by atoms with E-state index in [0.29, 0.717) is 17.8 Å². The van der Waals surface area contributed by atoms with Crippen LogP contribution in [0.15, 0.2) is 24.3 Å². The number of carbonyl (C=O) groups excluding carboxylic acids is 2. The first-order chi connectivity index (χ1) is 8.54. The van der Waals surface area contributed by atoms with Gasteiger partial charge in [0.2, 0.25) is 5.91 Å². The summed E-state index contributed by atoms with van der Waals surface area (Å²) in [4.78, 5) is 23.0. The molecule has 2 amide bonds.